The lowest BCUT2D eigenvalue weighted by Crippen LogP contribution is -2.13. The van der Waals surface area contributed by atoms with Crippen molar-refractivity contribution in [3.8, 4) is 0 Å². The number of anilines is 1. The molecule has 1 aromatic carbocycles. The Morgan fingerprint density at radius 2 is 1.95 bits per heavy atom. The molecule has 0 aliphatic heterocycles. The highest BCUT2D eigenvalue weighted by Gasteiger charge is 2.19. The van der Waals surface area contributed by atoms with Crippen LogP contribution in [0, 0.1) is 13.8 Å². The predicted octanol–water partition coefficient (Wildman–Crippen LogP) is 2.19. The third-order valence-electron chi connectivity index (χ3n) is 2.68. The van der Waals surface area contributed by atoms with Crippen LogP contribution in [-0.4, -0.2) is 13.5 Å². The predicted molar refractivity (Wildman–Crippen MR) is 71.4 cm³/mol. The summed E-state index contributed by atoms with van der Waals surface area (Å²) < 4.78 is 31.7. The first kappa shape index (κ1) is 13.6. The Bertz CT molecular complexity index is 688. The van der Waals surface area contributed by atoms with Gasteiger partial charge in [-0.2, -0.15) is 8.42 Å². The number of hydrogen-bond donors (Lipinski definition) is 2. The molecule has 0 saturated carbocycles. The summed E-state index contributed by atoms with van der Waals surface area (Å²) in [6.45, 7) is 3.43. The van der Waals surface area contributed by atoms with Crippen LogP contribution in [0.15, 0.2) is 39.8 Å². The third kappa shape index (κ3) is 2.97. The number of aryl methyl sites for hydroxylation is 2. The molecule has 0 spiro atoms. The van der Waals surface area contributed by atoms with Crippen LogP contribution in [0.3, 0.4) is 0 Å². The molecule has 0 unspecified atom stereocenters. The molecule has 0 saturated heterocycles. The molecule has 102 valence electrons. The lowest BCUT2D eigenvalue weighted by Gasteiger charge is -2.09. The molecule has 0 radical (unpaired) electrons. The maximum Gasteiger partial charge on any atom is 0.295 e. The maximum absolute atomic E-state index is 12.1. The topological polar surface area (TPSA) is 79.5 Å². The van der Waals surface area contributed by atoms with Gasteiger partial charge in [0, 0.05) is 0 Å². The first-order valence-electron chi connectivity index (χ1n) is 5.72. The number of benzene rings is 1. The molecule has 19 heavy (non-hydrogen) atoms. The molecule has 6 heteroatoms. The number of furan rings is 1. The van der Waals surface area contributed by atoms with Gasteiger partial charge in [0.2, 0.25) is 5.09 Å². The van der Waals surface area contributed by atoms with E-state index in [1.807, 2.05) is 26.0 Å². The van der Waals surface area contributed by atoms with Gasteiger partial charge in [0.15, 0.2) is 0 Å². The summed E-state index contributed by atoms with van der Waals surface area (Å²) in [7, 11) is -3.77. The van der Waals surface area contributed by atoms with Crippen molar-refractivity contribution in [2.24, 2.45) is 0 Å². The van der Waals surface area contributed by atoms with Crippen LogP contribution in [0.1, 0.15) is 16.9 Å². The summed E-state index contributed by atoms with van der Waals surface area (Å²) in [5.74, 6) is 0.209. The molecule has 0 atom stereocenters. The second kappa shape index (κ2) is 5.07. The molecule has 2 rings (SSSR count). The first-order valence-corrected chi connectivity index (χ1v) is 7.20. The van der Waals surface area contributed by atoms with Gasteiger partial charge in [-0.3, -0.25) is 4.72 Å². The zero-order valence-electron chi connectivity index (χ0n) is 10.7. The van der Waals surface area contributed by atoms with Gasteiger partial charge in [0.25, 0.3) is 10.0 Å². The normalized spacial score (nSPS) is 11.5. The molecular formula is C13H15NO4S. The monoisotopic (exact) mass is 281 g/mol. The zero-order chi connectivity index (χ0) is 14.0. The van der Waals surface area contributed by atoms with Crippen LogP contribution in [0.2, 0.25) is 0 Å². The Labute approximate surface area is 111 Å². The van der Waals surface area contributed by atoms with Crippen molar-refractivity contribution in [2.75, 3.05) is 4.72 Å². The van der Waals surface area contributed by atoms with Crippen LogP contribution < -0.4 is 4.72 Å². The summed E-state index contributed by atoms with van der Waals surface area (Å²) in [6.07, 6.45) is 0. The van der Waals surface area contributed by atoms with Crippen LogP contribution in [0.4, 0.5) is 5.69 Å². The van der Waals surface area contributed by atoms with Gasteiger partial charge < -0.3 is 9.52 Å². The van der Waals surface area contributed by atoms with E-state index in [4.69, 9.17) is 9.52 Å². The van der Waals surface area contributed by atoms with Crippen LogP contribution in [0.25, 0.3) is 0 Å². The SMILES string of the molecule is Cc1ccc(NS(=O)(=O)c2ccc(CO)o2)c(C)c1. The molecular weight excluding hydrogens is 266 g/mol. The minimum absolute atomic E-state index is 0.209. The fourth-order valence-corrected chi connectivity index (χ4v) is 2.79. The van der Waals surface area contributed by atoms with Gasteiger partial charge in [0.1, 0.15) is 12.4 Å². The second-order valence-corrected chi connectivity index (χ2v) is 5.92. The maximum atomic E-state index is 12.1. The van der Waals surface area contributed by atoms with Crippen molar-refractivity contribution in [3.05, 3.63) is 47.2 Å². The van der Waals surface area contributed by atoms with Gasteiger partial charge in [0.05, 0.1) is 5.69 Å². The van der Waals surface area contributed by atoms with E-state index in [-0.39, 0.29) is 17.5 Å². The summed E-state index contributed by atoms with van der Waals surface area (Å²) in [6, 6.07) is 8.16. The summed E-state index contributed by atoms with van der Waals surface area (Å²) >= 11 is 0. The van der Waals surface area contributed by atoms with Crippen LogP contribution in [-0.2, 0) is 16.6 Å². The fraction of sp³-hybridized carbons (Fsp3) is 0.231. The molecule has 0 amide bonds. The molecule has 2 N–H and O–H groups in total. The highest BCUT2D eigenvalue weighted by atomic mass is 32.2. The number of aliphatic hydroxyl groups is 1. The van der Waals surface area contributed by atoms with E-state index in [1.165, 1.54) is 12.1 Å². The minimum atomic E-state index is -3.77. The van der Waals surface area contributed by atoms with Gasteiger partial charge in [-0.05, 0) is 37.6 Å². The Balaban J connectivity index is 2.30. The Kier molecular flexibility index (Phi) is 3.64. The van der Waals surface area contributed by atoms with Gasteiger partial charge in [-0.1, -0.05) is 17.7 Å². The number of sulfonamides is 1. The molecule has 0 aliphatic rings. The standard InChI is InChI=1S/C13H15NO4S/c1-9-3-5-12(10(2)7-9)14-19(16,17)13-6-4-11(8-15)18-13/h3-7,14-15H,8H2,1-2H3. The number of rotatable bonds is 4. The lowest BCUT2D eigenvalue weighted by molar-refractivity contribution is 0.236. The van der Waals surface area contributed by atoms with Crippen LogP contribution >= 0.6 is 0 Å². The summed E-state index contributed by atoms with van der Waals surface area (Å²) in [5.41, 5.74) is 2.39. The molecule has 0 bridgehead atoms. The smallest absolute Gasteiger partial charge is 0.295 e. The molecule has 1 aromatic heterocycles. The van der Waals surface area contributed by atoms with E-state index in [2.05, 4.69) is 4.72 Å². The van der Waals surface area contributed by atoms with E-state index in [0.29, 0.717) is 5.69 Å². The Morgan fingerprint density at radius 1 is 1.21 bits per heavy atom. The van der Waals surface area contributed by atoms with E-state index in [0.717, 1.165) is 11.1 Å². The van der Waals surface area contributed by atoms with Crippen LogP contribution in [0.5, 0.6) is 0 Å². The quantitative estimate of drug-likeness (QED) is 0.900. The number of aliphatic hydroxyl groups excluding tert-OH is 1. The number of hydrogen-bond acceptors (Lipinski definition) is 4. The van der Waals surface area contributed by atoms with E-state index in [1.54, 1.807) is 6.07 Å². The molecule has 0 fully saturated rings. The average molecular weight is 281 g/mol. The zero-order valence-corrected chi connectivity index (χ0v) is 11.5. The molecule has 0 aliphatic carbocycles. The highest BCUT2D eigenvalue weighted by molar-refractivity contribution is 7.92. The first-order chi connectivity index (χ1) is 8.92. The summed E-state index contributed by atoms with van der Waals surface area (Å²) in [5, 5.41) is 8.66. The van der Waals surface area contributed by atoms with Crippen molar-refractivity contribution in [3.63, 3.8) is 0 Å². The van der Waals surface area contributed by atoms with Crippen molar-refractivity contribution < 1.29 is 17.9 Å². The molecule has 5 nitrogen and oxygen atoms in total. The highest BCUT2D eigenvalue weighted by Crippen LogP contribution is 2.21. The van der Waals surface area contributed by atoms with E-state index in [9.17, 15) is 8.42 Å². The summed E-state index contributed by atoms with van der Waals surface area (Å²) in [4.78, 5) is 0. The third-order valence-corrected chi connectivity index (χ3v) is 3.92. The van der Waals surface area contributed by atoms with Gasteiger partial charge in [-0.15, -0.1) is 0 Å². The Hall–Kier alpha value is -1.79. The Morgan fingerprint density at radius 3 is 2.53 bits per heavy atom. The largest absolute Gasteiger partial charge is 0.445 e. The van der Waals surface area contributed by atoms with Crippen molar-refractivity contribution in [1.82, 2.24) is 0 Å². The van der Waals surface area contributed by atoms with E-state index < -0.39 is 10.0 Å². The fourth-order valence-electron chi connectivity index (χ4n) is 1.71. The second-order valence-electron chi connectivity index (χ2n) is 4.30. The molecule has 2 aromatic rings. The number of nitrogens with one attached hydrogen (secondary N) is 1. The average Bonchev–Trinajstić information content (AvgIpc) is 2.82. The minimum Gasteiger partial charge on any atom is -0.445 e. The van der Waals surface area contributed by atoms with Gasteiger partial charge >= 0.3 is 0 Å². The molecule has 1 heterocycles. The van der Waals surface area contributed by atoms with Crippen molar-refractivity contribution >= 4 is 15.7 Å². The van der Waals surface area contributed by atoms with Gasteiger partial charge in [-0.25, -0.2) is 0 Å². The van der Waals surface area contributed by atoms with Crippen molar-refractivity contribution in [1.29, 1.82) is 0 Å². The van der Waals surface area contributed by atoms with E-state index >= 15 is 0 Å². The lowest BCUT2D eigenvalue weighted by atomic mass is 10.1. The van der Waals surface area contributed by atoms with Crippen molar-refractivity contribution in [2.45, 2.75) is 25.5 Å².